The number of esters is 1. The predicted octanol–water partition coefficient (Wildman–Crippen LogP) is 0.888. The number of ether oxygens (including phenoxy) is 4. The molecule has 0 radical (unpaired) electrons. The molecule has 1 aromatic carbocycles. The van der Waals surface area contributed by atoms with Gasteiger partial charge < -0.3 is 18.9 Å². The molecule has 1 aliphatic rings. The Labute approximate surface area is 114 Å². The van der Waals surface area contributed by atoms with Crippen molar-refractivity contribution in [3.63, 3.8) is 0 Å². The summed E-state index contributed by atoms with van der Waals surface area (Å²) in [5.74, 6) is -0.0489. The highest BCUT2D eigenvalue weighted by Crippen LogP contribution is 2.19. The highest BCUT2D eigenvalue weighted by Gasteiger charge is 2.32. The minimum absolute atomic E-state index is 0.0172. The molecule has 20 heavy (non-hydrogen) atoms. The molecule has 0 N–H and O–H groups in total. The van der Waals surface area contributed by atoms with Crippen LogP contribution in [0.25, 0.3) is 0 Å². The number of hydrogen-bond donors (Lipinski definition) is 0. The molecule has 1 heterocycles. The van der Waals surface area contributed by atoms with E-state index in [4.69, 9.17) is 14.2 Å². The lowest BCUT2D eigenvalue weighted by Crippen LogP contribution is -2.26. The van der Waals surface area contributed by atoms with E-state index in [0.29, 0.717) is 5.75 Å². The maximum atomic E-state index is 11.2. The normalized spacial score (nSPS) is 21.4. The summed E-state index contributed by atoms with van der Waals surface area (Å²) < 4.78 is 20.4. The Hall–Kier alpha value is -2.19. The van der Waals surface area contributed by atoms with Crippen molar-refractivity contribution in [3.05, 3.63) is 34.4 Å². The monoisotopic (exact) mass is 283 g/mol. The van der Waals surface area contributed by atoms with Crippen molar-refractivity contribution in [2.75, 3.05) is 20.3 Å². The maximum absolute atomic E-state index is 11.2. The minimum Gasteiger partial charge on any atom is -0.488 e. The zero-order valence-electron chi connectivity index (χ0n) is 10.7. The number of methoxy groups -OCH3 is 1. The summed E-state index contributed by atoms with van der Waals surface area (Å²) in [7, 11) is 1.27. The van der Waals surface area contributed by atoms with Crippen molar-refractivity contribution in [2.45, 2.75) is 12.4 Å². The molecule has 0 bridgehead atoms. The fraction of sp³-hybridized carbons (Fsp3) is 0.417. The minimum atomic E-state index is -0.745. The van der Waals surface area contributed by atoms with Crippen LogP contribution in [0, 0.1) is 10.1 Å². The van der Waals surface area contributed by atoms with Crippen molar-refractivity contribution < 1.29 is 28.7 Å². The van der Waals surface area contributed by atoms with Gasteiger partial charge in [-0.15, -0.1) is 0 Å². The van der Waals surface area contributed by atoms with E-state index in [1.807, 2.05) is 0 Å². The second-order valence-corrected chi connectivity index (χ2v) is 3.97. The van der Waals surface area contributed by atoms with Gasteiger partial charge in [-0.3, -0.25) is 10.1 Å². The molecule has 0 aliphatic carbocycles. The molecule has 0 spiro atoms. The molecule has 1 aliphatic heterocycles. The first-order valence-electron chi connectivity index (χ1n) is 5.82. The largest absolute Gasteiger partial charge is 0.488 e. The van der Waals surface area contributed by atoms with E-state index in [-0.39, 0.29) is 18.9 Å². The molecule has 108 valence electrons. The Balaban J connectivity index is 1.81. The van der Waals surface area contributed by atoms with Crippen LogP contribution >= 0.6 is 0 Å². The van der Waals surface area contributed by atoms with Gasteiger partial charge in [0.2, 0.25) is 0 Å². The van der Waals surface area contributed by atoms with Crippen molar-refractivity contribution in [1.82, 2.24) is 0 Å². The second kappa shape index (κ2) is 6.31. The molecule has 0 saturated carbocycles. The predicted molar refractivity (Wildman–Crippen MR) is 65.2 cm³/mol. The quantitative estimate of drug-likeness (QED) is 0.449. The average molecular weight is 283 g/mol. The van der Waals surface area contributed by atoms with Gasteiger partial charge in [-0.05, 0) is 12.1 Å². The summed E-state index contributed by atoms with van der Waals surface area (Å²) in [6.07, 6.45) is -1.42. The van der Waals surface area contributed by atoms with Gasteiger partial charge in [0, 0.05) is 12.1 Å². The highest BCUT2D eigenvalue weighted by atomic mass is 16.7. The summed E-state index contributed by atoms with van der Waals surface area (Å²) in [5, 5.41) is 10.5. The summed E-state index contributed by atoms with van der Waals surface area (Å²) in [6, 6.07) is 5.63. The van der Waals surface area contributed by atoms with Gasteiger partial charge in [0.1, 0.15) is 12.4 Å². The molecular weight excluding hydrogens is 270 g/mol. The fourth-order valence-corrected chi connectivity index (χ4v) is 1.63. The van der Waals surface area contributed by atoms with Crippen LogP contribution in [-0.4, -0.2) is 43.6 Å². The van der Waals surface area contributed by atoms with E-state index in [0.717, 1.165) is 0 Å². The smallest absolute Gasteiger partial charge is 0.337 e. The van der Waals surface area contributed by atoms with Crippen molar-refractivity contribution in [3.8, 4) is 5.75 Å². The Bertz CT molecular complexity index is 487. The van der Waals surface area contributed by atoms with Gasteiger partial charge >= 0.3 is 5.97 Å². The van der Waals surface area contributed by atoms with Crippen molar-refractivity contribution in [1.29, 1.82) is 0 Å². The molecule has 8 nitrogen and oxygen atoms in total. The van der Waals surface area contributed by atoms with Crippen LogP contribution in [0.3, 0.4) is 0 Å². The van der Waals surface area contributed by atoms with Crippen LogP contribution in [0.1, 0.15) is 0 Å². The lowest BCUT2D eigenvalue weighted by Gasteiger charge is -2.11. The van der Waals surface area contributed by atoms with Crippen molar-refractivity contribution >= 4 is 11.7 Å². The molecule has 0 amide bonds. The Morgan fingerprint density at radius 2 is 2.15 bits per heavy atom. The van der Waals surface area contributed by atoms with Crippen molar-refractivity contribution in [2.24, 2.45) is 0 Å². The number of carbonyl (C=O) groups is 1. The number of hydrogen-bond acceptors (Lipinski definition) is 7. The van der Waals surface area contributed by atoms with E-state index >= 15 is 0 Å². The topological polar surface area (TPSA) is 97.1 Å². The van der Waals surface area contributed by atoms with Crippen LogP contribution in [0.5, 0.6) is 5.75 Å². The number of nitro benzene ring substituents is 1. The van der Waals surface area contributed by atoms with Crippen LogP contribution in [0.2, 0.25) is 0 Å². The lowest BCUT2D eigenvalue weighted by molar-refractivity contribution is -0.384. The van der Waals surface area contributed by atoms with Crippen LogP contribution in [-0.2, 0) is 19.0 Å². The fourth-order valence-electron chi connectivity index (χ4n) is 1.63. The Kier molecular flexibility index (Phi) is 4.49. The highest BCUT2D eigenvalue weighted by molar-refractivity contribution is 5.74. The van der Waals surface area contributed by atoms with Gasteiger partial charge in [0.25, 0.3) is 5.69 Å². The Morgan fingerprint density at radius 1 is 1.45 bits per heavy atom. The molecule has 2 atom stereocenters. The first-order valence-corrected chi connectivity index (χ1v) is 5.82. The summed E-state index contributed by atoms with van der Waals surface area (Å²) in [6.45, 7) is 0.187. The third-order valence-electron chi connectivity index (χ3n) is 2.65. The molecule has 1 aromatic rings. The lowest BCUT2D eigenvalue weighted by atomic mass is 10.3. The van der Waals surface area contributed by atoms with E-state index in [2.05, 4.69) is 4.74 Å². The summed E-state index contributed by atoms with van der Waals surface area (Å²) >= 11 is 0. The average Bonchev–Trinajstić information content (AvgIpc) is 2.93. The first-order chi connectivity index (χ1) is 9.60. The standard InChI is InChI=1S/C12H13NO7/c1-17-12(14)10-6-19-11(20-10)7-18-9-4-2-8(3-5-9)13(15)16/h2-5,10-11H,6-7H2,1H3. The first kappa shape index (κ1) is 14.2. The zero-order chi connectivity index (χ0) is 14.5. The molecule has 0 aromatic heterocycles. The third kappa shape index (κ3) is 3.43. The van der Waals surface area contributed by atoms with Gasteiger partial charge in [-0.25, -0.2) is 4.79 Å². The maximum Gasteiger partial charge on any atom is 0.337 e. The Morgan fingerprint density at radius 3 is 2.75 bits per heavy atom. The van der Waals surface area contributed by atoms with E-state index in [1.54, 1.807) is 0 Å². The van der Waals surface area contributed by atoms with E-state index in [9.17, 15) is 14.9 Å². The molecule has 2 unspecified atom stereocenters. The molecule has 8 heteroatoms. The number of nitro groups is 1. The van der Waals surface area contributed by atoms with Crippen LogP contribution in [0.4, 0.5) is 5.69 Å². The number of rotatable bonds is 5. The third-order valence-corrected chi connectivity index (χ3v) is 2.65. The second-order valence-electron chi connectivity index (χ2n) is 3.97. The number of non-ortho nitro benzene ring substituents is 1. The van der Waals surface area contributed by atoms with Crippen LogP contribution < -0.4 is 4.74 Å². The molecule has 1 saturated heterocycles. The summed E-state index contributed by atoms with van der Waals surface area (Å²) in [5.41, 5.74) is -0.0172. The van der Waals surface area contributed by atoms with Gasteiger partial charge in [0.15, 0.2) is 12.4 Å². The number of carbonyl (C=O) groups excluding carboxylic acids is 1. The zero-order valence-corrected chi connectivity index (χ0v) is 10.7. The number of benzene rings is 1. The van der Waals surface area contributed by atoms with E-state index < -0.39 is 23.3 Å². The molecule has 2 rings (SSSR count). The SMILES string of the molecule is COC(=O)C1COC(COc2ccc([N+](=O)[O-])cc2)O1. The summed E-state index contributed by atoms with van der Waals surface area (Å²) in [4.78, 5) is 21.2. The van der Waals surface area contributed by atoms with Gasteiger partial charge in [0.05, 0.1) is 18.6 Å². The molecular formula is C12H13NO7. The van der Waals surface area contributed by atoms with E-state index in [1.165, 1.54) is 31.4 Å². The van der Waals surface area contributed by atoms with Gasteiger partial charge in [-0.1, -0.05) is 0 Å². The van der Waals surface area contributed by atoms with Gasteiger partial charge in [-0.2, -0.15) is 0 Å². The van der Waals surface area contributed by atoms with Crippen LogP contribution in [0.15, 0.2) is 24.3 Å². The number of nitrogens with zero attached hydrogens (tertiary/aromatic N) is 1. The molecule has 1 fully saturated rings.